The molecule has 1 nitrogen and oxygen atoms in total. The van der Waals surface area contributed by atoms with Crippen LogP contribution in [-0.4, -0.2) is 6.54 Å². The van der Waals surface area contributed by atoms with E-state index >= 15 is 0 Å². The lowest BCUT2D eigenvalue weighted by molar-refractivity contribution is 0.547. The van der Waals surface area contributed by atoms with Crippen molar-refractivity contribution in [2.75, 3.05) is 6.54 Å². The molecule has 2 rings (SSSR count). The Morgan fingerprint density at radius 1 is 1.16 bits per heavy atom. The Morgan fingerprint density at radius 3 is 2.53 bits per heavy atom. The molecule has 0 fully saturated rings. The van der Waals surface area contributed by atoms with E-state index in [1.165, 1.54) is 11.6 Å². The molecule has 3 heteroatoms. The van der Waals surface area contributed by atoms with Crippen LogP contribution in [0.1, 0.15) is 24.1 Å². The molecule has 19 heavy (non-hydrogen) atoms. The lowest BCUT2D eigenvalue weighted by Gasteiger charge is -2.19. The maximum absolute atomic E-state index is 13.2. The maximum Gasteiger partial charge on any atom is 0.141 e. The zero-order valence-corrected chi connectivity index (χ0v) is 11.6. The standard InChI is InChI=1S/C16H17ClFN/c1-2-19-16(10-12-6-4-3-5-7-12)13-8-9-15(18)14(17)11-13/h3-9,11,16,19H,2,10H2,1H3. The van der Waals surface area contributed by atoms with Gasteiger partial charge in [-0.3, -0.25) is 0 Å². The minimum absolute atomic E-state index is 0.144. The van der Waals surface area contributed by atoms with Crippen molar-refractivity contribution >= 4 is 11.6 Å². The molecule has 0 amide bonds. The summed E-state index contributed by atoms with van der Waals surface area (Å²) in [5.74, 6) is -0.375. The van der Waals surface area contributed by atoms with Gasteiger partial charge in [-0.05, 0) is 36.2 Å². The van der Waals surface area contributed by atoms with E-state index in [1.54, 1.807) is 12.1 Å². The van der Waals surface area contributed by atoms with Crippen LogP contribution in [0.4, 0.5) is 4.39 Å². The van der Waals surface area contributed by atoms with Gasteiger partial charge in [-0.25, -0.2) is 4.39 Å². The molecule has 1 atom stereocenters. The van der Waals surface area contributed by atoms with Crippen molar-refractivity contribution in [3.63, 3.8) is 0 Å². The normalized spacial score (nSPS) is 12.4. The minimum atomic E-state index is -0.375. The first-order valence-corrected chi connectivity index (χ1v) is 6.80. The molecule has 1 N–H and O–H groups in total. The second-order valence-corrected chi connectivity index (χ2v) is 4.88. The summed E-state index contributed by atoms with van der Waals surface area (Å²) in [4.78, 5) is 0. The highest BCUT2D eigenvalue weighted by Gasteiger charge is 2.12. The van der Waals surface area contributed by atoms with Crippen molar-refractivity contribution in [2.45, 2.75) is 19.4 Å². The first-order valence-electron chi connectivity index (χ1n) is 6.43. The summed E-state index contributed by atoms with van der Waals surface area (Å²) in [5.41, 5.74) is 2.26. The SMILES string of the molecule is CCNC(Cc1ccccc1)c1ccc(F)c(Cl)c1. The van der Waals surface area contributed by atoms with Crippen molar-refractivity contribution in [3.05, 3.63) is 70.5 Å². The lowest BCUT2D eigenvalue weighted by Crippen LogP contribution is -2.23. The van der Waals surface area contributed by atoms with Crippen LogP contribution < -0.4 is 5.32 Å². The Hall–Kier alpha value is -1.38. The van der Waals surface area contributed by atoms with Gasteiger partial charge in [0, 0.05) is 6.04 Å². The van der Waals surface area contributed by atoms with E-state index < -0.39 is 0 Å². The number of benzene rings is 2. The fourth-order valence-electron chi connectivity index (χ4n) is 2.13. The number of likely N-dealkylation sites (N-methyl/N-ethyl adjacent to an activating group) is 1. The molecule has 0 bridgehead atoms. The molecule has 1 unspecified atom stereocenters. The van der Waals surface area contributed by atoms with Gasteiger partial charge in [0.15, 0.2) is 0 Å². The van der Waals surface area contributed by atoms with Crippen LogP contribution in [-0.2, 0) is 6.42 Å². The highest BCUT2D eigenvalue weighted by atomic mass is 35.5. The third kappa shape index (κ3) is 3.79. The second kappa shape index (κ2) is 6.69. The van der Waals surface area contributed by atoms with Gasteiger partial charge < -0.3 is 5.32 Å². The van der Waals surface area contributed by atoms with E-state index in [2.05, 4.69) is 24.4 Å². The Bertz CT molecular complexity index is 528. The Kier molecular flexibility index (Phi) is 4.94. The van der Waals surface area contributed by atoms with Crippen molar-refractivity contribution in [1.82, 2.24) is 5.32 Å². The van der Waals surface area contributed by atoms with Crippen LogP contribution in [0.15, 0.2) is 48.5 Å². The predicted octanol–water partition coefficient (Wildman–Crippen LogP) is 4.37. The summed E-state index contributed by atoms with van der Waals surface area (Å²) in [6.45, 7) is 2.91. The molecule has 0 heterocycles. The van der Waals surface area contributed by atoms with Crippen molar-refractivity contribution in [3.8, 4) is 0 Å². The summed E-state index contributed by atoms with van der Waals surface area (Å²) in [6.07, 6.45) is 0.858. The van der Waals surface area contributed by atoms with Gasteiger partial charge in [0.1, 0.15) is 5.82 Å². The third-order valence-electron chi connectivity index (χ3n) is 3.08. The van der Waals surface area contributed by atoms with Crippen molar-refractivity contribution in [1.29, 1.82) is 0 Å². The number of halogens is 2. The average molecular weight is 278 g/mol. The van der Waals surface area contributed by atoms with Crippen molar-refractivity contribution < 1.29 is 4.39 Å². The monoisotopic (exact) mass is 277 g/mol. The van der Waals surface area contributed by atoms with Crippen LogP contribution in [0.25, 0.3) is 0 Å². The van der Waals surface area contributed by atoms with E-state index in [0.717, 1.165) is 18.5 Å². The molecule has 100 valence electrons. The minimum Gasteiger partial charge on any atom is -0.310 e. The molecule has 0 aliphatic carbocycles. The van der Waals surface area contributed by atoms with Crippen LogP contribution >= 0.6 is 11.6 Å². The van der Waals surface area contributed by atoms with Gasteiger partial charge in [-0.1, -0.05) is 54.9 Å². The first-order chi connectivity index (χ1) is 9.20. The van der Waals surface area contributed by atoms with E-state index in [4.69, 9.17) is 11.6 Å². The largest absolute Gasteiger partial charge is 0.310 e. The van der Waals surface area contributed by atoms with Crippen LogP contribution in [0.5, 0.6) is 0 Å². The van der Waals surface area contributed by atoms with Gasteiger partial charge in [0.25, 0.3) is 0 Å². The van der Waals surface area contributed by atoms with Gasteiger partial charge in [0.2, 0.25) is 0 Å². The average Bonchev–Trinajstić information content (AvgIpc) is 2.43. The molecule has 0 spiro atoms. The summed E-state index contributed by atoms with van der Waals surface area (Å²) in [6, 6.07) is 15.3. The molecule has 0 radical (unpaired) electrons. The molecule has 0 aliphatic heterocycles. The molecule has 0 aromatic heterocycles. The highest BCUT2D eigenvalue weighted by Crippen LogP contribution is 2.23. The van der Waals surface area contributed by atoms with E-state index in [9.17, 15) is 4.39 Å². The van der Waals surface area contributed by atoms with Crippen molar-refractivity contribution in [2.24, 2.45) is 0 Å². The quantitative estimate of drug-likeness (QED) is 0.856. The molecule has 2 aromatic carbocycles. The van der Waals surface area contributed by atoms with Gasteiger partial charge >= 0.3 is 0 Å². The molecule has 0 aliphatic rings. The fourth-order valence-corrected chi connectivity index (χ4v) is 2.32. The first kappa shape index (κ1) is 14.0. The van der Waals surface area contributed by atoms with Gasteiger partial charge in [-0.2, -0.15) is 0 Å². The molecule has 2 aromatic rings. The predicted molar refractivity (Wildman–Crippen MR) is 78.0 cm³/mol. The fraction of sp³-hybridized carbons (Fsp3) is 0.250. The summed E-state index contributed by atoms with van der Waals surface area (Å²) in [7, 11) is 0. The van der Waals surface area contributed by atoms with Gasteiger partial charge in [0.05, 0.1) is 5.02 Å². The molecule has 0 saturated carbocycles. The molecular weight excluding hydrogens is 261 g/mol. The zero-order valence-electron chi connectivity index (χ0n) is 10.9. The number of hydrogen-bond acceptors (Lipinski definition) is 1. The smallest absolute Gasteiger partial charge is 0.141 e. The Morgan fingerprint density at radius 2 is 1.89 bits per heavy atom. The maximum atomic E-state index is 13.2. The summed E-state index contributed by atoms with van der Waals surface area (Å²) < 4.78 is 13.2. The van der Waals surface area contributed by atoms with E-state index in [-0.39, 0.29) is 16.9 Å². The highest BCUT2D eigenvalue weighted by molar-refractivity contribution is 6.30. The molecular formula is C16H17ClFN. The van der Waals surface area contributed by atoms with Crippen LogP contribution in [0, 0.1) is 5.82 Å². The Balaban J connectivity index is 2.21. The Labute approximate surface area is 118 Å². The van der Waals surface area contributed by atoms with Gasteiger partial charge in [-0.15, -0.1) is 0 Å². The molecule has 0 saturated heterocycles. The zero-order chi connectivity index (χ0) is 13.7. The van der Waals surface area contributed by atoms with E-state index in [0.29, 0.717) is 0 Å². The third-order valence-corrected chi connectivity index (χ3v) is 3.37. The number of hydrogen-bond donors (Lipinski definition) is 1. The van der Waals surface area contributed by atoms with Crippen LogP contribution in [0.2, 0.25) is 5.02 Å². The summed E-state index contributed by atoms with van der Waals surface area (Å²) >= 11 is 5.86. The summed E-state index contributed by atoms with van der Waals surface area (Å²) in [5, 5.41) is 3.59. The second-order valence-electron chi connectivity index (χ2n) is 4.47. The lowest BCUT2D eigenvalue weighted by atomic mass is 9.99. The number of rotatable bonds is 5. The van der Waals surface area contributed by atoms with Crippen LogP contribution in [0.3, 0.4) is 0 Å². The topological polar surface area (TPSA) is 12.0 Å². The van der Waals surface area contributed by atoms with E-state index in [1.807, 2.05) is 18.2 Å². The number of nitrogens with one attached hydrogen (secondary N) is 1.